The van der Waals surface area contributed by atoms with Crippen LogP contribution in [0.15, 0.2) is 17.0 Å². The van der Waals surface area contributed by atoms with Crippen LogP contribution in [-0.2, 0) is 10.0 Å². The smallest absolute Gasteiger partial charge is 0.241 e. The summed E-state index contributed by atoms with van der Waals surface area (Å²) in [5, 5.41) is 18.7. The molecule has 5 N–H and O–H groups in total. The highest BCUT2D eigenvalue weighted by Crippen LogP contribution is 2.26. The van der Waals surface area contributed by atoms with Gasteiger partial charge < -0.3 is 15.9 Å². The molecular formula is C11H17ClN2O4S. The Morgan fingerprint density at radius 1 is 1.47 bits per heavy atom. The third-order valence-corrected chi connectivity index (χ3v) is 4.44. The predicted octanol–water partition coefficient (Wildman–Crippen LogP) is 0.252. The van der Waals surface area contributed by atoms with E-state index >= 15 is 0 Å². The van der Waals surface area contributed by atoms with E-state index in [0.29, 0.717) is 5.56 Å². The maximum absolute atomic E-state index is 12.1. The Balaban J connectivity index is 3.05. The lowest BCUT2D eigenvalue weighted by Crippen LogP contribution is -2.43. The van der Waals surface area contributed by atoms with Gasteiger partial charge in [-0.1, -0.05) is 11.6 Å². The molecule has 1 rings (SSSR count). The molecule has 19 heavy (non-hydrogen) atoms. The number of hydrogen-bond acceptors (Lipinski definition) is 5. The standard InChI is InChI=1S/C11H17ClN2O4S/c1-7-3-8(12)9(13)4-10(7)19(17,18)14-5-11(2,16)6-15/h3-4,14-16H,5-6,13H2,1-2H3. The van der Waals surface area contributed by atoms with Gasteiger partial charge in [0.25, 0.3) is 0 Å². The van der Waals surface area contributed by atoms with E-state index in [4.69, 9.17) is 22.4 Å². The molecule has 0 saturated heterocycles. The van der Waals surface area contributed by atoms with E-state index in [1.165, 1.54) is 19.1 Å². The molecule has 8 heteroatoms. The summed E-state index contributed by atoms with van der Waals surface area (Å²) >= 11 is 5.79. The molecular weight excluding hydrogens is 292 g/mol. The Hall–Kier alpha value is -0.860. The van der Waals surface area contributed by atoms with E-state index in [1.807, 2.05) is 0 Å². The van der Waals surface area contributed by atoms with Crippen LogP contribution in [0.25, 0.3) is 0 Å². The summed E-state index contributed by atoms with van der Waals surface area (Å²) in [6.07, 6.45) is 0. The van der Waals surface area contributed by atoms with Gasteiger partial charge in [0.1, 0.15) is 0 Å². The number of nitrogens with two attached hydrogens (primary N) is 1. The van der Waals surface area contributed by atoms with Crippen molar-refractivity contribution in [1.82, 2.24) is 4.72 Å². The van der Waals surface area contributed by atoms with Gasteiger partial charge in [-0.3, -0.25) is 0 Å². The molecule has 0 fully saturated rings. The van der Waals surface area contributed by atoms with Crippen LogP contribution in [0, 0.1) is 6.92 Å². The zero-order chi connectivity index (χ0) is 14.8. The molecule has 1 atom stereocenters. The first-order valence-electron chi connectivity index (χ1n) is 5.47. The topological polar surface area (TPSA) is 113 Å². The number of benzene rings is 1. The van der Waals surface area contributed by atoms with Crippen LogP contribution in [-0.4, -0.2) is 37.4 Å². The zero-order valence-electron chi connectivity index (χ0n) is 10.6. The lowest BCUT2D eigenvalue weighted by Gasteiger charge is -2.21. The normalized spacial score (nSPS) is 15.2. The highest BCUT2D eigenvalue weighted by atomic mass is 35.5. The minimum atomic E-state index is -3.83. The molecule has 108 valence electrons. The molecule has 0 aliphatic carbocycles. The molecule has 1 aromatic rings. The van der Waals surface area contributed by atoms with Crippen molar-refractivity contribution in [3.8, 4) is 0 Å². The molecule has 1 unspecified atom stereocenters. The van der Waals surface area contributed by atoms with Crippen LogP contribution in [0.3, 0.4) is 0 Å². The van der Waals surface area contributed by atoms with E-state index in [1.54, 1.807) is 6.92 Å². The molecule has 0 amide bonds. The van der Waals surface area contributed by atoms with Crippen molar-refractivity contribution < 1.29 is 18.6 Å². The van der Waals surface area contributed by atoms with E-state index in [2.05, 4.69) is 4.72 Å². The number of aliphatic hydroxyl groups is 2. The molecule has 0 aliphatic rings. The molecule has 0 aliphatic heterocycles. The van der Waals surface area contributed by atoms with E-state index < -0.39 is 22.2 Å². The summed E-state index contributed by atoms with van der Waals surface area (Å²) in [5.41, 5.74) is 4.65. The number of aliphatic hydroxyl groups excluding tert-OH is 1. The Labute approximate surface area is 117 Å². The predicted molar refractivity (Wildman–Crippen MR) is 73.5 cm³/mol. The van der Waals surface area contributed by atoms with Crippen molar-refractivity contribution >= 4 is 27.3 Å². The van der Waals surface area contributed by atoms with Gasteiger partial charge in [-0.05, 0) is 31.5 Å². The highest BCUT2D eigenvalue weighted by molar-refractivity contribution is 7.89. The zero-order valence-corrected chi connectivity index (χ0v) is 12.2. The fourth-order valence-electron chi connectivity index (χ4n) is 1.34. The van der Waals surface area contributed by atoms with Crippen molar-refractivity contribution in [1.29, 1.82) is 0 Å². The molecule has 1 aromatic carbocycles. The highest BCUT2D eigenvalue weighted by Gasteiger charge is 2.24. The monoisotopic (exact) mass is 308 g/mol. The number of nitrogens with one attached hydrogen (secondary N) is 1. The molecule has 0 spiro atoms. The van der Waals surface area contributed by atoms with Crippen LogP contribution in [0.2, 0.25) is 5.02 Å². The maximum Gasteiger partial charge on any atom is 0.241 e. The minimum absolute atomic E-state index is 0.0110. The molecule has 6 nitrogen and oxygen atoms in total. The average Bonchev–Trinajstić information content (AvgIpc) is 2.31. The molecule has 0 radical (unpaired) electrons. The number of sulfonamides is 1. The third kappa shape index (κ3) is 4.05. The van der Waals surface area contributed by atoms with Gasteiger partial charge in [-0.15, -0.1) is 0 Å². The molecule has 0 heterocycles. The summed E-state index contributed by atoms with van der Waals surface area (Å²) in [6.45, 7) is 2.04. The Bertz CT molecular complexity index is 572. The maximum atomic E-state index is 12.1. The summed E-state index contributed by atoms with van der Waals surface area (Å²) in [4.78, 5) is -0.0110. The van der Waals surface area contributed by atoms with Crippen molar-refractivity contribution in [3.05, 3.63) is 22.7 Å². The molecule has 0 bridgehead atoms. The van der Waals surface area contributed by atoms with Gasteiger partial charge in [0.15, 0.2) is 0 Å². The number of nitrogen functional groups attached to an aromatic ring is 1. The lowest BCUT2D eigenvalue weighted by atomic mass is 10.1. The second kappa shape index (κ2) is 5.64. The Morgan fingerprint density at radius 3 is 2.58 bits per heavy atom. The van der Waals surface area contributed by atoms with Crippen LogP contribution in [0.1, 0.15) is 12.5 Å². The number of anilines is 1. The summed E-state index contributed by atoms with van der Waals surface area (Å²) < 4.78 is 26.4. The van der Waals surface area contributed by atoms with Crippen molar-refractivity contribution in [2.24, 2.45) is 0 Å². The van der Waals surface area contributed by atoms with Crippen LogP contribution >= 0.6 is 11.6 Å². The van der Waals surface area contributed by atoms with Crippen LogP contribution in [0.5, 0.6) is 0 Å². The van der Waals surface area contributed by atoms with Gasteiger partial charge in [0, 0.05) is 6.54 Å². The summed E-state index contributed by atoms with van der Waals surface area (Å²) in [5.74, 6) is 0. The Kier molecular flexibility index (Phi) is 4.81. The van der Waals surface area contributed by atoms with Gasteiger partial charge in [0.05, 0.1) is 27.8 Å². The van der Waals surface area contributed by atoms with Crippen LogP contribution < -0.4 is 10.5 Å². The number of rotatable bonds is 5. The van der Waals surface area contributed by atoms with Crippen molar-refractivity contribution in [3.63, 3.8) is 0 Å². The SMILES string of the molecule is Cc1cc(Cl)c(N)cc1S(=O)(=O)NCC(C)(O)CO. The second-order valence-electron chi connectivity index (χ2n) is 4.62. The van der Waals surface area contributed by atoms with Gasteiger partial charge >= 0.3 is 0 Å². The first-order valence-corrected chi connectivity index (χ1v) is 7.34. The van der Waals surface area contributed by atoms with E-state index in [0.717, 1.165) is 0 Å². The number of hydrogen-bond donors (Lipinski definition) is 4. The van der Waals surface area contributed by atoms with E-state index in [-0.39, 0.29) is 22.2 Å². The quantitative estimate of drug-likeness (QED) is 0.583. The van der Waals surface area contributed by atoms with Crippen LogP contribution in [0.4, 0.5) is 5.69 Å². The largest absolute Gasteiger partial charge is 0.397 e. The molecule has 0 aromatic heterocycles. The third-order valence-electron chi connectivity index (χ3n) is 2.57. The minimum Gasteiger partial charge on any atom is -0.397 e. The van der Waals surface area contributed by atoms with Gasteiger partial charge in [-0.25, -0.2) is 13.1 Å². The van der Waals surface area contributed by atoms with Crippen molar-refractivity contribution in [2.75, 3.05) is 18.9 Å². The summed E-state index contributed by atoms with van der Waals surface area (Å²) in [6, 6.07) is 2.71. The second-order valence-corrected chi connectivity index (χ2v) is 6.76. The summed E-state index contributed by atoms with van der Waals surface area (Å²) in [7, 11) is -3.83. The molecule has 0 saturated carbocycles. The number of halogens is 1. The van der Waals surface area contributed by atoms with Gasteiger partial charge in [0.2, 0.25) is 10.0 Å². The lowest BCUT2D eigenvalue weighted by molar-refractivity contribution is 0.00681. The Morgan fingerprint density at radius 2 is 2.05 bits per heavy atom. The first kappa shape index (κ1) is 16.2. The first-order chi connectivity index (χ1) is 8.59. The fraction of sp³-hybridized carbons (Fsp3) is 0.455. The average molecular weight is 309 g/mol. The number of aryl methyl sites for hydroxylation is 1. The fourth-order valence-corrected chi connectivity index (χ4v) is 2.98. The van der Waals surface area contributed by atoms with E-state index in [9.17, 15) is 13.5 Å². The van der Waals surface area contributed by atoms with Gasteiger partial charge in [-0.2, -0.15) is 0 Å². The van der Waals surface area contributed by atoms with Crippen molar-refractivity contribution in [2.45, 2.75) is 24.3 Å².